The van der Waals surface area contributed by atoms with Crippen molar-refractivity contribution in [1.29, 1.82) is 0 Å². The van der Waals surface area contributed by atoms with Crippen molar-refractivity contribution < 1.29 is 19.4 Å². The summed E-state index contributed by atoms with van der Waals surface area (Å²) >= 11 is 0. The number of hydrogen-bond donors (Lipinski definition) is 1. The summed E-state index contributed by atoms with van der Waals surface area (Å²) in [7, 11) is 0. The third kappa shape index (κ3) is 8.09. The summed E-state index contributed by atoms with van der Waals surface area (Å²) in [6, 6.07) is 0. The van der Waals surface area contributed by atoms with Crippen LogP contribution in [0, 0.1) is 23.7 Å². The average Bonchev–Trinajstić information content (AvgIpc) is 3.49. The Kier molecular flexibility index (Phi) is 9.49. The highest BCUT2D eigenvalue weighted by atomic mass is 16.5. The van der Waals surface area contributed by atoms with Gasteiger partial charge in [-0.2, -0.15) is 0 Å². The van der Waals surface area contributed by atoms with Gasteiger partial charge < -0.3 is 9.84 Å². The highest BCUT2D eigenvalue weighted by molar-refractivity contribution is 5.73. The van der Waals surface area contributed by atoms with E-state index in [1.165, 1.54) is 51.4 Å². The standard InChI is InChI=1S/C22H38O4/c1-2-26-22(25)20(18-15-16-18)12-10-8-6-4-3-5-7-9-11-19(21(23)24)17-13-14-17/h17-20H,2-16H2,1H3,(H,23,24). The van der Waals surface area contributed by atoms with Crippen molar-refractivity contribution in [2.75, 3.05) is 6.61 Å². The van der Waals surface area contributed by atoms with Crippen LogP contribution < -0.4 is 0 Å². The number of rotatable bonds is 16. The fourth-order valence-electron chi connectivity index (χ4n) is 4.14. The van der Waals surface area contributed by atoms with E-state index in [4.69, 9.17) is 4.74 Å². The van der Waals surface area contributed by atoms with E-state index in [2.05, 4.69) is 0 Å². The first kappa shape index (κ1) is 21.2. The lowest BCUT2D eigenvalue weighted by Gasteiger charge is -2.14. The van der Waals surface area contributed by atoms with Crippen LogP contribution in [0.2, 0.25) is 0 Å². The van der Waals surface area contributed by atoms with E-state index in [0.29, 0.717) is 18.4 Å². The molecule has 0 aromatic rings. The molecule has 0 aliphatic heterocycles. The van der Waals surface area contributed by atoms with E-state index in [1.807, 2.05) is 6.92 Å². The molecule has 0 aromatic heterocycles. The molecule has 0 heterocycles. The first-order chi connectivity index (χ1) is 12.6. The molecular formula is C22H38O4. The SMILES string of the molecule is CCOC(=O)C(CCCCCCCCCCC(C(=O)O)C1CC1)C1CC1. The van der Waals surface area contributed by atoms with Gasteiger partial charge in [0, 0.05) is 0 Å². The lowest BCUT2D eigenvalue weighted by atomic mass is 9.95. The van der Waals surface area contributed by atoms with Crippen molar-refractivity contribution in [3.05, 3.63) is 0 Å². The maximum atomic E-state index is 12.0. The zero-order chi connectivity index (χ0) is 18.8. The van der Waals surface area contributed by atoms with Crippen LogP contribution in [0.15, 0.2) is 0 Å². The van der Waals surface area contributed by atoms with Crippen molar-refractivity contribution in [1.82, 2.24) is 0 Å². The summed E-state index contributed by atoms with van der Waals surface area (Å²) < 4.78 is 5.21. The molecule has 2 aliphatic carbocycles. The van der Waals surface area contributed by atoms with E-state index in [1.54, 1.807) is 0 Å². The second-order valence-electron chi connectivity index (χ2n) is 8.38. The fraction of sp³-hybridized carbons (Fsp3) is 0.909. The summed E-state index contributed by atoms with van der Waals surface area (Å²) in [6.07, 6.45) is 16.1. The quantitative estimate of drug-likeness (QED) is 0.286. The van der Waals surface area contributed by atoms with Gasteiger partial charge >= 0.3 is 11.9 Å². The van der Waals surface area contributed by atoms with Crippen LogP contribution in [0.5, 0.6) is 0 Å². The molecule has 2 rings (SSSR count). The van der Waals surface area contributed by atoms with Gasteiger partial charge in [0.2, 0.25) is 0 Å². The minimum Gasteiger partial charge on any atom is -0.481 e. The molecule has 0 saturated heterocycles. The van der Waals surface area contributed by atoms with Crippen molar-refractivity contribution in [2.24, 2.45) is 23.7 Å². The van der Waals surface area contributed by atoms with Gasteiger partial charge in [-0.15, -0.1) is 0 Å². The number of carboxylic acid groups (broad SMARTS) is 1. The van der Waals surface area contributed by atoms with Crippen molar-refractivity contribution >= 4 is 11.9 Å². The first-order valence-electron chi connectivity index (χ1n) is 11.0. The molecule has 0 spiro atoms. The number of esters is 1. The lowest BCUT2D eigenvalue weighted by molar-refractivity contribution is -0.149. The van der Waals surface area contributed by atoms with Gasteiger partial charge in [0.1, 0.15) is 0 Å². The molecule has 1 N–H and O–H groups in total. The summed E-state index contributed by atoms with van der Waals surface area (Å²) in [5.41, 5.74) is 0. The maximum Gasteiger partial charge on any atom is 0.309 e. The number of hydrogen-bond acceptors (Lipinski definition) is 3. The third-order valence-electron chi connectivity index (χ3n) is 6.07. The summed E-state index contributed by atoms with van der Waals surface area (Å²) in [4.78, 5) is 23.2. The molecule has 2 aliphatic rings. The average molecular weight is 367 g/mol. The second-order valence-corrected chi connectivity index (χ2v) is 8.38. The van der Waals surface area contributed by atoms with Crippen molar-refractivity contribution in [3.8, 4) is 0 Å². The number of unbranched alkanes of at least 4 members (excludes halogenated alkanes) is 7. The Morgan fingerprint density at radius 1 is 0.808 bits per heavy atom. The monoisotopic (exact) mass is 366 g/mol. The van der Waals surface area contributed by atoms with Gasteiger partial charge in [-0.05, 0) is 57.3 Å². The predicted octanol–water partition coefficient (Wildman–Crippen LogP) is 5.59. The maximum absolute atomic E-state index is 12.0. The second kappa shape index (κ2) is 11.6. The van der Waals surface area contributed by atoms with Crippen LogP contribution in [0.3, 0.4) is 0 Å². The van der Waals surface area contributed by atoms with E-state index in [-0.39, 0.29) is 17.8 Å². The van der Waals surface area contributed by atoms with Crippen LogP contribution in [-0.4, -0.2) is 23.7 Å². The molecule has 2 saturated carbocycles. The fourth-order valence-corrected chi connectivity index (χ4v) is 4.14. The largest absolute Gasteiger partial charge is 0.481 e. The molecule has 0 bridgehead atoms. The molecule has 4 heteroatoms. The molecule has 0 aromatic carbocycles. The Balaban J connectivity index is 1.40. The normalized spacial score (nSPS) is 19.1. The Hall–Kier alpha value is -1.06. The minimum absolute atomic E-state index is 0.0286. The molecule has 2 atom stereocenters. The minimum atomic E-state index is -0.583. The van der Waals surface area contributed by atoms with Gasteiger partial charge in [-0.1, -0.05) is 51.4 Å². The van der Waals surface area contributed by atoms with Crippen LogP contribution in [0.1, 0.15) is 96.8 Å². The van der Waals surface area contributed by atoms with Gasteiger partial charge in [0.05, 0.1) is 18.4 Å². The van der Waals surface area contributed by atoms with Crippen LogP contribution in [-0.2, 0) is 14.3 Å². The highest BCUT2D eigenvalue weighted by Crippen LogP contribution is 2.40. The first-order valence-corrected chi connectivity index (χ1v) is 11.0. The topological polar surface area (TPSA) is 63.6 Å². The zero-order valence-electron chi connectivity index (χ0n) is 16.6. The van der Waals surface area contributed by atoms with Crippen LogP contribution in [0.25, 0.3) is 0 Å². The van der Waals surface area contributed by atoms with E-state index >= 15 is 0 Å². The lowest BCUT2D eigenvalue weighted by Crippen LogP contribution is -2.19. The molecule has 26 heavy (non-hydrogen) atoms. The molecular weight excluding hydrogens is 328 g/mol. The summed E-state index contributed by atoms with van der Waals surface area (Å²) in [5, 5.41) is 9.22. The molecule has 2 unspecified atom stereocenters. The number of carboxylic acids is 1. The number of ether oxygens (including phenoxy) is 1. The van der Waals surface area contributed by atoms with Crippen molar-refractivity contribution in [2.45, 2.75) is 96.8 Å². The zero-order valence-corrected chi connectivity index (χ0v) is 16.6. The molecule has 150 valence electrons. The Labute approximate surface area is 159 Å². The summed E-state index contributed by atoms with van der Waals surface area (Å²) in [6.45, 7) is 2.38. The highest BCUT2D eigenvalue weighted by Gasteiger charge is 2.36. The Bertz CT molecular complexity index is 426. The number of carbonyl (C=O) groups excluding carboxylic acids is 1. The molecule has 0 radical (unpaired) electrons. The summed E-state index contributed by atoms with van der Waals surface area (Å²) in [5.74, 6) is 0.596. The smallest absolute Gasteiger partial charge is 0.309 e. The van der Waals surface area contributed by atoms with Crippen LogP contribution in [0.4, 0.5) is 0 Å². The van der Waals surface area contributed by atoms with Gasteiger partial charge in [0.15, 0.2) is 0 Å². The van der Waals surface area contributed by atoms with Gasteiger partial charge in [-0.3, -0.25) is 9.59 Å². The van der Waals surface area contributed by atoms with Gasteiger partial charge in [0.25, 0.3) is 0 Å². The van der Waals surface area contributed by atoms with E-state index in [0.717, 1.165) is 38.5 Å². The van der Waals surface area contributed by atoms with E-state index in [9.17, 15) is 14.7 Å². The third-order valence-corrected chi connectivity index (χ3v) is 6.07. The molecule has 0 amide bonds. The van der Waals surface area contributed by atoms with E-state index < -0.39 is 5.97 Å². The number of aliphatic carboxylic acids is 1. The molecule has 4 nitrogen and oxygen atoms in total. The van der Waals surface area contributed by atoms with Crippen molar-refractivity contribution in [3.63, 3.8) is 0 Å². The number of carbonyl (C=O) groups is 2. The van der Waals surface area contributed by atoms with Gasteiger partial charge in [-0.25, -0.2) is 0 Å². The predicted molar refractivity (Wildman–Crippen MR) is 103 cm³/mol. The Morgan fingerprint density at radius 2 is 1.23 bits per heavy atom. The molecule has 2 fully saturated rings. The Morgan fingerprint density at radius 3 is 1.65 bits per heavy atom. The van der Waals surface area contributed by atoms with Crippen LogP contribution >= 0.6 is 0 Å².